The van der Waals surface area contributed by atoms with E-state index in [4.69, 9.17) is 30.5 Å². The van der Waals surface area contributed by atoms with Gasteiger partial charge in [0.05, 0.1) is 19.3 Å². The molecular formula is C24H29Cl2NO7. The van der Waals surface area contributed by atoms with Crippen molar-refractivity contribution in [3.05, 3.63) is 58.6 Å². The number of esters is 2. The Balaban J connectivity index is 0.00000408. The third kappa shape index (κ3) is 6.33. The number of carbonyl (C=O) groups excluding carboxylic acids is 2. The first-order chi connectivity index (χ1) is 15.8. The number of nitrogens with one attached hydrogen (secondary N) is 1. The van der Waals surface area contributed by atoms with E-state index in [1.165, 1.54) is 0 Å². The van der Waals surface area contributed by atoms with E-state index in [1.807, 2.05) is 19.1 Å². The maximum atomic E-state index is 12.5. The van der Waals surface area contributed by atoms with Gasteiger partial charge in [-0.15, -0.1) is 12.4 Å². The third-order valence-corrected chi connectivity index (χ3v) is 5.27. The summed E-state index contributed by atoms with van der Waals surface area (Å²) in [6.07, 6.45) is -0.0947. The van der Waals surface area contributed by atoms with Crippen molar-refractivity contribution in [1.82, 2.24) is 5.32 Å². The fourth-order valence-corrected chi connectivity index (χ4v) is 3.65. The molecule has 1 aliphatic heterocycles. The van der Waals surface area contributed by atoms with Crippen molar-refractivity contribution in [1.29, 1.82) is 0 Å². The van der Waals surface area contributed by atoms with Gasteiger partial charge in [-0.1, -0.05) is 29.8 Å². The van der Waals surface area contributed by atoms with E-state index >= 15 is 0 Å². The van der Waals surface area contributed by atoms with E-state index in [2.05, 4.69) is 5.32 Å². The molecule has 8 nitrogen and oxygen atoms in total. The van der Waals surface area contributed by atoms with Crippen LogP contribution in [0, 0.1) is 0 Å². The summed E-state index contributed by atoms with van der Waals surface area (Å²) in [6, 6.07) is 12.3. The second kappa shape index (κ2) is 12.3. The van der Waals surface area contributed by atoms with Gasteiger partial charge in [0.2, 0.25) is 0 Å². The molecular weight excluding hydrogens is 485 g/mol. The molecule has 0 radical (unpaired) electrons. The molecule has 1 heterocycles. The van der Waals surface area contributed by atoms with Crippen LogP contribution in [-0.4, -0.2) is 48.6 Å². The van der Waals surface area contributed by atoms with E-state index in [1.54, 1.807) is 44.2 Å². The highest BCUT2D eigenvalue weighted by Crippen LogP contribution is 2.41. The average Bonchev–Trinajstić information content (AvgIpc) is 3.18. The Labute approximate surface area is 209 Å². The Bertz CT molecular complexity index is 983. The molecule has 0 aromatic heterocycles. The molecule has 1 aliphatic rings. The molecule has 0 saturated heterocycles. The Morgan fingerprint density at radius 2 is 1.71 bits per heavy atom. The number of halogens is 2. The van der Waals surface area contributed by atoms with E-state index in [9.17, 15) is 14.7 Å². The molecule has 3 rings (SSSR count). The minimum absolute atomic E-state index is 0. The fourth-order valence-electron chi connectivity index (χ4n) is 3.45. The van der Waals surface area contributed by atoms with Gasteiger partial charge in [0, 0.05) is 17.6 Å². The zero-order valence-electron chi connectivity index (χ0n) is 19.2. The summed E-state index contributed by atoms with van der Waals surface area (Å²) in [5.41, 5.74) is 1.62. The van der Waals surface area contributed by atoms with Crippen LogP contribution in [0.4, 0.5) is 0 Å². The van der Waals surface area contributed by atoms with Crippen molar-refractivity contribution in [2.75, 3.05) is 19.8 Å². The highest BCUT2D eigenvalue weighted by molar-refractivity contribution is 6.30. The standard InChI is InChI=1S/C24H28ClNO7.ClH/c1-4-30-22(28)24(23(29)31-5-2)32-20-10-9-16(12-21(20)33-24)11-15(3)26-14-19(27)17-7-6-8-18(25)13-17;/h6-10,12-13,15,19,26-27H,4-5,11,14H2,1-3H3;1H/t15-,19+;/m1./s1. The monoisotopic (exact) mass is 513 g/mol. The number of aliphatic hydroxyl groups is 1. The second-order valence-corrected chi connectivity index (χ2v) is 8.06. The SMILES string of the molecule is CCOC(=O)C1(C(=O)OCC)Oc2ccc(C[C@@H](C)NC[C@H](O)c3cccc(Cl)c3)cc2O1.Cl. The minimum Gasteiger partial charge on any atom is -0.460 e. The number of ether oxygens (including phenoxy) is 4. The number of fused-ring (bicyclic) bond motifs is 1. The summed E-state index contributed by atoms with van der Waals surface area (Å²) in [5, 5.41) is 14.3. The quantitative estimate of drug-likeness (QED) is 0.366. The zero-order chi connectivity index (χ0) is 24.0. The van der Waals surface area contributed by atoms with Crippen molar-refractivity contribution in [2.24, 2.45) is 0 Å². The number of carbonyl (C=O) groups is 2. The molecule has 0 spiro atoms. The Morgan fingerprint density at radius 1 is 1.06 bits per heavy atom. The summed E-state index contributed by atoms with van der Waals surface area (Å²) in [5.74, 6) is -3.74. The van der Waals surface area contributed by atoms with Crippen LogP contribution >= 0.6 is 24.0 Å². The van der Waals surface area contributed by atoms with Crippen LogP contribution in [0.3, 0.4) is 0 Å². The van der Waals surface area contributed by atoms with Gasteiger partial charge in [-0.25, -0.2) is 9.59 Å². The van der Waals surface area contributed by atoms with Crippen molar-refractivity contribution >= 4 is 35.9 Å². The van der Waals surface area contributed by atoms with Gasteiger partial charge < -0.3 is 29.4 Å². The maximum absolute atomic E-state index is 12.5. The molecule has 0 aliphatic carbocycles. The smallest absolute Gasteiger partial charge is 0.453 e. The maximum Gasteiger partial charge on any atom is 0.453 e. The van der Waals surface area contributed by atoms with Crippen molar-refractivity contribution in [2.45, 2.75) is 45.1 Å². The van der Waals surface area contributed by atoms with E-state index in [-0.39, 0.29) is 43.2 Å². The number of hydrogen-bond acceptors (Lipinski definition) is 8. The zero-order valence-corrected chi connectivity index (χ0v) is 20.8. The molecule has 0 fully saturated rings. The first-order valence-electron chi connectivity index (χ1n) is 10.8. The highest BCUT2D eigenvalue weighted by Gasteiger charge is 2.59. The van der Waals surface area contributed by atoms with Gasteiger partial charge in [0.1, 0.15) is 0 Å². The molecule has 2 N–H and O–H groups in total. The lowest BCUT2D eigenvalue weighted by Crippen LogP contribution is -2.55. The van der Waals surface area contributed by atoms with E-state index in [0.717, 1.165) is 11.1 Å². The van der Waals surface area contributed by atoms with Gasteiger partial charge in [-0.3, -0.25) is 0 Å². The summed E-state index contributed by atoms with van der Waals surface area (Å²) in [4.78, 5) is 25.0. The van der Waals surface area contributed by atoms with Gasteiger partial charge in [-0.05, 0) is 62.6 Å². The molecule has 0 saturated carbocycles. The van der Waals surface area contributed by atoms with Crippen molar-refractivity contribution in [3.8, 4) is 11.5 Å². The summed E-state index contributed by atoms with van der Waals surface area (Å²) >= 11 is 5.99. The molecule has 186 valence electrons. The summed E-state index contributed by atoms with van der Waals surface area (Å²) < 4.78 is 21.2. The van der Waals surface area contributed by atoms with Gasteiger partial charge in [0.15, 0.2) is 11.5 Å². The van der Waals surface area contributed by atoms with Crippen LogP contribution in [0.25, 0.3) is 0 Å². The lowest BCUT2D eigenvalue weighted by Gasteiger charge is -2.22. The minimum atomic E-state index is -2.31. The van der Waals surface area contributed by atoms with Crippen LogP contribution in [-0.2, 0) is 25.5 Å². The third-order valence-electron chi connectivity index (χ3n) is 5.04. The van der Waals surface area contributed by atoms with Crippen LogP contribution < -0.4 is 14.8 Å². The first kappa shape index (κ1) is 27.7. The van der Waals surface area contributed by atoms with Crippen molar-refractivity contribution < 1.29 is 33.6 Å². The molecule has 0 bridgehead atoms. The second-order valence-electron chi connectivity index (χ2n) is 7.63. The van der Waals surface area contributed by atoms with Gasteiger partial charge in [-0.2, -0.15) is 0 Å². The molecule has 0 amide bonds. The molecule has 0 unspecified atom stereocenters. The van der Waals surface area contributed by atoms with Gasteiger partial charge in [0.25, 0.3) is 0 Å². The van der Waals surface area contributed by atoms with E-state index in [0.29, 0.717) is 18.0 Å². The van der Waals surface area contributed by atoms with E-state index < -0.39 is 23.8 Å². The highest BCUT2D eigenvalue weighted by atomic mass is 35.5. The first-order valence-corrected chi connectivity index (χ1v) is 11.2. The normalized spacial score (nSPS) is 15.1. The Kier molecular flexibility index (Phi) is 10.00. The lowest BCUT2D eigenvalue weighted by atomic mass is 10.1. The molecule has 2 aromatic rings. The van der Waals surface area contributed by atoms with Crippen LogP contribution in [0.5, 0.6) is 11.5 Å². The number of aliphatic hydroxyl groups excluding tert-OH is 1. The van der Waals surface area contributed by atoms with Crippen LogP contribution in [0.15, 0.2) is 42.5 Å². The molecule has 34 heavy (non-hydrogen) atoms. The molecule has 2 atom stereocenters. The number of hydrogen-bond donors (Lipinski definition) is 2. The van der Waals surface area contributed by atoms with Crippen molar-refractivity contribution in [3.63, 3.8) is 0 Å². The number of benzene rings is 2. The summed E-state index contributed by atoms with van der Waals surface area (Å²) in [7, 11) is 0. The van der Waals surface area contributed by atoms with Gasteiger partial charge >= 0.3 is 17.7 Å². The van der Waals surface area contributed by atoms with Crippen LogP contribution in [0.1, 0.15) is 38.0 Å². The fraction of sp³-hybridized carbons (Fsp3) is 0.417. The van der Waals surface area contributed by atoms with Crippen LogP contribution in [0.2, 0.25) is 5.02 Å². The molecule has 2 aromatic carbocycles. The Morgan fingerprint density at radius 3 is 2.32 bits per heavy atom. The molecule has 10 heteroatoms. The predicted molar refractivity (Wildman–Crippen MR) is 129 cm³/mol. The number of rotatable bonds is 10. The topological polar surface area (TPSA) is 103 Å². The lowest BCUT2D eigenvalue weighted by molar-refractivity contribution is -0.202. The predicted octanol–water partition coefficient (Wildman–Crippen LogP) is 3.61. The average molecular weight is 514 g/mol. The summed E-state index contributed by atoms with van der Waals surface area (Å²) in [6.45, 7) is 5.68. The Hall–Kier alpha value is -2.52. The largest absolute Gasteiger partial charge is 0.460 e.